The zero-order valence-electron chi connectivity index (χ0n) is 13.2. The maximum atomic E-state index is 12.4. The summed E-state index contributed by atoms with van der Waals surface area (Å²) >= 11 is 0. The van der Waals surface area contributed by atoms with Gasteiger partial charge in [-0.3, -0.25) is 14.6 Å². The van der Waals surface area contributed by atoms with Crippen molar-refractivity contribution in [3.63, 3.8) is 0 Å². The van der Waals surface area contributed by atoms with Gasteiger partial charge in [0, 0.05) is 31.5 Å². The summed E-state index contributed by atoms with van der Waals surface area (Å²) < 4.78 is 1.24. The third kappa shape index (κ3) is 3.83. The number of aryl methyl sites for hydroxylation is 1. The number of aromatic nitrogens is 3. The lowest BCUT2D eigenvalue weighted by molar-refractivity contribution is -0.131. The Morgan fingerprint density at radius 1 is 1.35 bits per heavy atom. The molecule has 3 rings (SSSR count). The van der Waals surface area contributed by atoms with Gasteiger partial charge in [-0.25, -0.2) is 4.68 Å². The minimum Gasteiger partial charge on any atom is -0.341 e. The average molecular weight is 312 g/mol. The molecule has 1 unspecified atom stereocenters. The summed E-state index contributed by atoms with van der Waals surface area (Å²) in [5.41, 5.74) is 1.69. The molecule has 2 aromatic heterocycles. The number of carbonyl (C=O) groups is 1. The van der Waals surface area contributed by atoms with Crippen LogP contribution in [0.1, 0.15) is 17.7 Å². The van der Waals surface area contributed by atoms with E-state index in [9.17, 15) is 9.59 Å². The van der Waals surface area contributed by atoms with E-state index in [0.29, 0.717) is 5.92 Å². The third-order valence-corrected chi connectivity index (χ3v) is 4.17. The monoisotopic (exact) mass is 312 g/mol. The Hall–Kier alpha value is -2.50. The van der Waals surface area contributed by atoms with Crippen molar-refractivity contribution in [2.75, 3.05) is 13.1 Å². The number of hydrogen-bond acceptors (Lipinski definition) is 4. The maximum Gasteiger partial charge on any atom is 0.267 e. The summed E-state index contributed by atoms with van der Waals surface area (Å²) in [7, 11) is 0. The zero-order valence-corrected chi connectivity index (χ0v) is 13.2. The van der Waals surface area contributed by atoms with Gasteiger partial charge in [0.25, 0.3) is 5.56 Å². The first-order chi connectivity index (χ1) is 11.1. The summed E-state index contributed by atoms with van der Waals surface area (Å²) in [5, 5.41) is 4.12. The Kier molecular flexibility index (Phi) is 4.50. The van der Waals surface area contributed by atoms with Gasteiger partial charge in [-0.2, -0.15) is 5.10 Å². The molecule has 1 fully saturated rings. The van der Waals surface area contributed by atoms with Crippen LogP contribution < -0.4 is 5.56 Å². The highest BCUT2D eigenvalue weighted by molar-refractivity contribution is 5.76. The number of rotatable bonds is 4. The number of carbonyl (C=O) groups excluding carboxylic acids is 1. The van der Waals surface area contributed by atoms with E-state index >= 15 is 0 Å². The second kappa shape index (κ2) is 6.73. The summed E-state index contributed by atoms with van der Waals surface area (Å²) in [4.78, 5) is 30.1. The summed E-state index contributed by atoms with van der Waals surface area (Å²) in [6.07, 6.45) is 5.55. The van der Waals surface area contributed by atoms with Crippen LogP contribution in [0.15, 0.2) is 41.5 Å². The molecule has 1 aliphatic rings. The largest absolute Gasteiger partial charge is 0.341 e. The van der Waals surface area contributed by atoms with Crippen LogP contribution in [0.2, 0.25) is 0 Å². The van der Waals surface area contributed by atoms with Gasteiger partial charge in [-0.05, 0) is 43.4 Å². The van der Waals surface area contributed by atoms with Crippen LogP contribution in [-0.4, -0.2) is 38.7 Å². The molecule has 0 spiro atoms. The second-order valence-corrected chi connectivity index (χ2v) is 6.03. The van der Waals surface area contributed by atoms with E-state index in [1.807, 2.05) is 17.2 Å². The minimum absolute atomic E-state index is 0.0140. The zero-order chi connectivity index (χ0) is 16.2. The lowest BCUT2D eigenvalue weighted by Gasteiger charge is -2.17. The van der Waals surface area contributed by atoms with Gasteiger partial charge in [-0.1, -0.05) is 6.07 Å². The first-order valence-corrected chi connectivity index (χ1v) is 7.83. The molecule has 120 valence electrons. The van der Waals surface area contributed by atoms with Crippen molar-refractivity contribution >= 4 is 5.91 Å². The van der Waals surface area contributed by atoms with E-state index in [1.54, 1.807) is 19.2 Å². The summed E-state index contributed by atoms with van der Waals surface area (Å²) in [5.74, 6) is 0.407. The maximum absolute atomic E-state index is 12.4. The van der Waals surface area contributed by atoms with E-state index in [0.717, 1.165) is 31.6 Å². The number of amides is 1. The first kappa shape index (κ1) is 15.4. The topological polar surface area (TPSA) is 68.1 Å². The quantitative estimate of drug-likeness (QED) is 0.846. The van der Waals surface area contributed by atoms with Gasteiger partial charge < -0.3 is 4.90 Å². The van der Waals surface area contributed by atoms with Crippen LogP contribution in [0.4, 0.5) is 0 Å². The number of hydrogen-bond donors (Lipinski definition) is 0. The predicted octanol–water partition coefficient (Wildman–Crippen LogP) is 1.04. The van der Waals surface area contributed by atoms with Gasteiger partial charge in [0.1, 0.15) is 6.54 Å². The fourth-order valence-corrected chi connectivity index (χ4v) is 2.97. The smallest absolute Gasteiger partial charge is 0.267 e. The highest BCUT2D eigenvalue weighted by atomic mass is 16.2. The number of likely N-dealkylation sites (tertiary alicyclic amines) is 1. The van der Waals surface area contributed by atoms with Crippen LogP contribution in [0.25, 0.3) is 0 Å². The minimum atomic E-state index is -0.241. The molecule has 1 atom stereocenters. The summed E-state index contributed by atoms with van der Waals surface area (Å²) in [6, 6.07) is 7.10. The van der Waals surface area contributed by atoms with Gasteiger partial charge >= 0.3 is 0 Å². The van der Waals surface area contributed by atoms with Crippen LogP contribution in [-0.2, 0) is 17.8 Å². The fourth-order valence-electron chi connectivity index (χ4n) is 2.97. The van der Waals surface area contributed by atoms with Gasteiger partial charge in [0.05, 0.1) is 5.69 Å². The van der Waals surface area contributed by atoms with Gasteiger partial charge in [-0.15, -0.1) is 0 Å². The fraction of sp³-hybridized carbons (Fsp3) is 0.412. The number of pyridine rings is 1. The lowest BCUT2D eigenvalue weighted by atomic mass is 10.0. The average Bonchev–Trinajstić information content (AvgIpc) is 3.00. The molecule has 2 aromatic rings. The molecule has 0 aliphatic carbocycles. The van der Waals surface area contributed by atoms with Crippen molar-refractivity contribution in [2.24, 2.45) is 5.92 Å². The molecule has 3 heterocycles. The molecule has 6 heteroatoms. The van der Waals surface area contributed by atoms with Crippen molar-refractivity contribution in [2.45, 2.75) is 26.3 Å². The molecular formula is C17H20N4O2. The van der Waals surface area contributed by atoms with Crippen molar-refractivity contribution in [3.8, 4) is 0 Å². The van der Waals surface area contributed by atoms with Crippen LogP contribution in [0.3, 0.4) is 0 Å². The molecule has 1 saturated heterocycles. The van der Waals surface area contributed by atoms with Crippen molar-refractivity contribution in [1.82, 2.24) is 19.7 Å². The molecule has 6 nitrogen and oxygen atoms in total. The Labute approximate surface area is 134 Å². The van der Waals surface area contributed by atoms with Crippen LogP contribution in [0.5, 0.6) is 0 Å². The SMILES string of the molecule is Cc1ccc(=O)n(CC(=O)N2CCC(Cc3cccnc3)C2)n1. The Morgan fingerprint density at radius 2 is 2.22 bits per heavy atom. The third-order valence-electron chi connectivity index (χ3n) is 4.17. The number of nitrogens with zero attached hydrogens (tertiary/aromatic N) is 4. The molecule has 0 saturated carbocycles. The van der Waals surface area contributed by atoms with E-state index in [-0.39, 0.29) is 18.0 Å². The molecule has 0 bridgehead atoms. The van der Waals surface area contributed by atoms with Gasteiger partial charge in [0.2, 0.25) is 5.91 Å². The Morgan fingerprint density at radius 3 is 3.00 bits per heavy atom. The second-order valence-electron chi connectivity index (χ2n) is 6.03. The first-order valence-electron chi connectivity index (χ1n) is 7.83. The molecule has 23 heavy (non-hydrogen) atoms. The highest BCUT2D eigenvalue weighted by Gasteiger charge is 2.26. The molecule has 1 amide bonds. The molecule has 0 aromatic carbocycles. The van der Waals surface area contributed by atoms with Crippen molar-refractivity contribution in [1.29, 1.82) is 0 Å². The standard InChI is InChI=1S/C17H20N4O2/c1-13-4-5-16(22)21(19-13)12-17(23)20-8-6-15(11-20)9-14-3-2-7-18-10-14/h2-5,7,10,15H,6,8-9,11-12H2,1H3. The Bertz CT molecular complexity index is 742. The van der Waals surface area contributed by atoms with Crippen molar-refractivity contribution in [3.05, 3.63) is 58.3 Å². The Balaban J connectivity index is 1.59. The predicted molar refractivity (Wildman–Crippen MR) is 85.9 cm³/mol. The van der Waals surface area contributed by atoms with Crippen LogP contribution >= 0.6 is 0 Å². The lowest BCUT2D eigenvalue weighted by Crippen LogP contribution is -2.36. The van der Waals surface area contributed by atoms with E-state index < -0.39 is 0 Å². The molecule has 1 aliphatic heterocycles. The van der Waals surface area contributed by atoms with Gasteiger partial charge in [0.15, 0.2) is 0 Å². The van der Waals surface area contributed by atoms with Crippen molar-refractivity contribution < 1.29 is 4.79 Å². The van der Waals surface area contributed by atoms with E-state index in [4.69, 9.17) is 0 Å². The van der Waals surface area contributed by atoms with E-state index in [2.05, 4.69) is 16.1 Å². The molecular weight excluding hydrogens is 292 g/mol. The van der Waals surface area contributed by atoms with Crippen LogP contribution in [0, 0.1) is 12.8 Å². The molecule has 0 N–H and O–H groups in total. The summed E-state index contributed by atoms with van der Waals surface area (Å²) in [6.45, 7) is 3.29. The normalized spacial score (nSPS) is 17.4. The van der Waals surface area contributed by atoms with E-state index in [1.165, 1.54) is 16.3 Å². The highest BCUT2D eigenvalue weighted by Crippen LogP contribution is 2.20. The molecule has 0 radical (unpaired) electrons.